The van der Waals surface area contributed by atoms with Gasteiger partial charge in [-0.15, -0.1) is 0 Å². The predicted octanol–water partition coefficient (Wildman–Crippen LogP) is 4.18. The van der Waals surface area contributed by atoms with Gasteiger partial charge < -0.3 is 19.5 Å². The number of hydrogen-bond acceptors (Lipinski definition) is 7. The first-order chi connectivity index (χ1) is 17.1. The molecule has 2 aromatic carbocycles. The fourth-order valence-corrected chi connectivity index (χ4v) is 3.32. The van der Waals surface area contributed by atoms with Gasteiger partial charge in [-0.3, -0.25) is 4.79 Å². The number of carbonyl (C=O) groups is 2. The number of rotatable bonds is 10. The van der Waals surface area contributed by atoms with Gasteiger partial charge in [0.05, 0.1) is 18.3 Å². The third kappa shape index (κ3) is 5.47. The molecule has 178 valence electrons. The van der Waals surface area contributed by atoms with Crippen molar-refractivity contribution in [3.8, 4) is 17.3 Å². The predicted molar refractivity (Wildman–Crippen MR) is 131 cm³/mol. The molecule has 1 N–H and O–H groups in total. The van der Waals surface area contributed by atoms with Crippen LogP contribution in [0.2, 0.25) is 0 Å². The van der Waals surface area contributed by atoms with Gasteiger partial charge in [0, 0.05) is 5.39 Å². The fraction of sp³-hybridized carbons (Fsp3) is 0.154. The van der Waals surface area contributed by atoms with Crippen molar-refractivity contribution in [1.82, 2.24) is 14.8 Å². The molecule has 0 atom stereocenters. The van der Waals surface area contributed by atoms with E-state index in [0.29, 0.717) is 23.9 Å². The topological polar surface area (TPSA) is 105 Å². The van der Waals surface area contributed by atoms with Crippen LogP contribution in [0.1, 0.15) is 17.3 Å². The van der Waals surface area contributed by atoms with Crippen molar-refractivity contribution in [3.63, 3.8) is 0 Å². The molecule has 35 heavy (non-hydrogen) atoms. The molecule has 0 aliphatic heterocycles. The van der Waals surface area contributed by atoms with E-state index in [4.69, 9.17) is 14.2 Å². The number of pyridine rings is 1. The van der Waals surface area contributed by atoms with Crippen molar-refractivity contribution in [2.45, 2.75) is 6.92 Å². The minimum atomic E-state index is -0.612. The highest BCUT2D eigenvalue weighted by atomic mass is 16.5. The molecule has 0 saturated carbocycles. The Bertz CT molecular complexity index is 1360. The SMILES string of the molecule is C=CCOc1ccccc1OCC(=O)Nc1c(C(=O)OCC)cnn1-c1ccc2ccccc2n1. The van der Waals surface area contributed by atoms with Crippen molar-refractivity contribution < 1.29 is 23.8 Å². The van der Waals surface area contributed by atoms with Crippen LogP contribution in [0.15, 0.2) is 79.5 Å². The average molecular weight is 473 g/mol. The van der Waals surface area contributed by atoms with E-state index in [9.17, 15) is 9.59 Å². The molecule has 1 amide bonds. The summed E-state index contributed by atoms with van der Waals surface area (Å²) in [6, 6.07) is 18.2. The summed E-state index contributed by atoms with van der Waals surface area (Å²) in [5, 5.41) is 7.95. The molecule has 0 unspecified atom stereocenters. The van der Waals surface area contributed by atoms with E-state index < -0.39 is 11.9 Å². The van der Waals surface area contributed by atoms with Gasteiger partial charge in [-0.1, -0.05) is 43.0 Å². The Morgan fingerprint density at radius 1 is 1.03 bits per heavy atom. The van der Waals surface area contributed by atoms with Crippen LogP contribution in [-0.4, -0.2) is 46.5 Å². The van der Waals surface area contributed by atoms with E-state index in [1.165, 1.54) is 10.9 Å². The van der Waals surface area contributed by atoms with Crippen LogP contribution < -0.4 is 14.8 Å². The largest absolute Gasteiger partial charge is 0.486 e. The van der Waals surface area contributed by atoms with Crippen molar-refractivity contribution in [2.75, 3.05) is 25.1 Å². The third-order valence-electron chi connectivity index (χ3n) is 4.89. The van der Waals surface area contributed by atoms with E-state index in [1.54, 1.807) is 43.3 Å². The lowest BCUT2D eigenvalue weighted by Gasteiger charge is -2.13. The molecule has 0 aliphatic rings. The molecular weight excluding hydrogens is 448 g/mol. The lowest BCUT2D eigenvalue weighted by atomic mass is 10.2. The summed E-state index contributed by atoms with van der Waals surface area (Å²) in [7, 11) is 0. The number of para-hydroxylation sites is 3. The molecule has 4 aromatic rings. The van der Waals surface area contributed by atoms with E-state index >= 15 is 0 Å². The van der Waals surface area contributed by atoms with Crippen LogP contribution in [0.3, 0.4) is 0 Å². The fourth-order valence-electron chi connectivity index (χ4n) is 3.32. The molecule has 9 heteroatoms. The van der Waals surface area contributed by atoms with Crippen molar-refractivity contribution in [2.24, 2.45) is 0 Å². The van der Waals surface area contributed by atoms with Gasteiger partial charge in [-0.05, 0) is 37.3 Å². The van der Waals surface area contributed by atoms with Crippen LogP contribution in [-0.2, 0) is 9.53 Å². The van der Waals surface area contributed by atoms with Gasteiger partial charge >= 0.3 is 5.97 Å². The molecule has 2 heterocycles. The third-order valence-corrected chi connectivity index (χ3v) is 4.89. The van der Waals surface area contributed by atoms with Crippen molar-refractivity contribution >= 4 is 28.6 Å². The Kier molecular flexibility index (Phi) is 7.37. The molecule has 0 fully saturated rings. The molecule has 2 aromatic heterocycles. The quantitative estimate of drug-likeness (QED) is 0.273. The van der Waals surface area contributed by atoms with E-state index in [-0.39, 0.29) is 24.6 Å². The maximum Gasteiger partial charge on any atom is 0.343 e. The Hall–Kier alpha value is -4.66. The number of amides is 1. The number of nitrogens with zero attached hydrogens (tertiary/aromatic N) is 3. The van der Waals surface area contributed by atoms with Gasteiger partial charge in [-0.25, -0.2) is 9.78 Å². The van der Waals surface area contributed by atoms with E-state index in [0.717, 1.165) is 10.9 Å². The zero-order valence-electron chi connectivity index (χ0n) is 19.1. The van der Waals surface area contributed by atoms with E-state index in [2.05, 4.69) is 22.0 Å². The second-order valence-electron chi connectivity index (χ2n) is 7.28. The minimum Gasteiger partial charge on any atom is -0.486 e. The number of ether oxygens (including phenoxy) is 3. The lowest BCUT2D eigenvalue weighted by molar-refractivity contribution is -0.118. The van der Waals surface area contributed by atoms with E-state index in [1.807, 2.05) is 30.3 Å². The van der Waals surface area contributed by atoms with Gasteiger partial charge in [0.2, 0.25) is 0 Å². The highest BCUT2D eigenvalue weighted by Crippen LogP contribution is 2.27. The molecular formula is C26H24N4O5. The Morgan fingerprint density at radius 2 is 1.77 bits per heavy atom. The summed E-state index contributed by atoms with van der Waals surface area (Å²) >= 11 is 0. The minimum absolute atomic E-state index is 0.102. The van der Waals surface area contributed by atoms with Crippen LogP contribution in [0.4, 0.5) is 5.82 Å². The van der Waals surface area contributed by atoms with Gasteiger partial charge in [-0.2, -0.15) is 9.78 Å². The van der Waals surface area contributed by atoms with Gasteiger partial charge in [0.25, 0.3) is 5.91 Å². The van der Waals surface area contributed by atoms with Crippen LogP contribution >= 0.6 is 0 Å². The second kappa shape index (κ2) is 11.0. The highest BCUT2D eigenvalue weighted by Gasteiger charge is 2.22. The number of fused-ring (bicyclic) bond motifs is 1. The summed E-state index contributed by atoms with van der Waals surface area (Å²) < 4.78 is 17.7. The number of anilines is 1. The van der Waals surface area contributed by atoms with Gasteiger partial charge in [0.1, 0.15) is 12.2 Å². The number of nitrogens with one attached hydrogen (secondary N) is 1. The second-order valence-corrected chi connectivity index (χ2v) is 7.28. The molecule has 0 aliphatic carbocycles. The summed E-state index contributed by atoms with van der Waals surface area (Å²) in [6.07, 6.45) is 2.95. The highest BCUT2D eigenvalue weighted by molar-refractivity contribution is 6.01. The number of benzene rings is 2. The van der Waals surface area contributed by atoms with Crippen molar-refractivity contribution in [1.29, 1.82) is 0 Å². The normalized spacial score (nSPS) is 10.5. The number of aromatic nitrogens is 3. The van der Waals surface area contributed by atoms with Crippen LogP contribution in [0.5, 0.6) is 11.5 Å². The summed E-state index contributed by atoms with van der Waals surface area (Å²) in [4.78, 5) is 30.0. The van der Waals surface area contributed by atoms with Crippen LogP contribution in [0, 0.1) is 0 Å². The Labute approximate surface area is 201 Å². The summed E-state index contributed by atoms with van der Waals surface area (Å²) in [5.74, 6) is 0.336. The first-order valence-corrected chi connectivity index (χ1v) is 11.0. The Morgan fingerprint density at radius 3 is 2.54 bits per heavy atom. The van der Waals surface area contributed by atoms with Crippen molar-refractivity contribution in [3.05, 3.63) is 85.1 Å². The smallest absolute Gasteiger partial charge is 0.343 e. The summed E-state index contributed by atoms with van der Waals surface area (Å²) in [5.41, 5.74) is 0.847. The Balaban J connectivity index is 1.59. The molecule has 9 nitrogen and oxygen atoms in total. The van der Waals surface area contributed by atoms with Crippen LogP contribution in [0.25, 0.3) is 16.7 Å². The first-order valence-electron chi connectivity index (χ1n) is 11.0. The molecule has 0 spiro atoms. The zero-order chi connectivity index (χ0) is 24.6. The number of esters is 1. The standard InChI is InChI=1S/C26H24N4O5/c1-3-15-34-21-11-7-8-12-22(21)35-17-24(31)29-25-19(26(32)33-4-2)16-27-30(25)23-14-13-18-9-5-6-10-20(18)28-23/h3,5-14,16H,1,4,15,17H2,2H3,(H,29,31). The number of hydrogen-bond donors (Lipinski definition) is 1. The average Bonchev–Trinajstić information content (AvgIpc) is 3.30. The molecule has 0 bridgehead atoms. The summed E-state index contributed by atoms with van der Waals surface area (Å²) in [6.45, 7) is 5.47. The maximum absolute atomic E-state index is 12.8. The maximum atomic E-state index is 12.8. The first kappa shape index (κ1) is 23.5. The zero-order valence-corrected chi connectivity index (χ0v) is 19.1. The molecule has 0 saturated heterocycles. The lowest BCUT2D eigenvalue weighted by Crippen LogP contribution is -2.23. The number of carbonyl (C=O) groups excluding carboxylic acids is 2. The monoisotopic (exact) mass is 472 g/mol. The van der Waals surface area contributed by atoms with Gasteiger partial charge in [0.15, 0.2) is 29.7 Å². The molecule has 0 radical (unpaired) electrons. The molecule has 4 rings (SSSR count).